The number of pyridine rings is 2. The van der Waals surface area contributed by atoms with Crippen molar-refractivity contribution in [3.05, 3.63) is 77.7 Å². The van der Waals surface area contributed by atoms with E-state index in [0.717, 1.165) is 31.0 Å². The van der Waals surface area contributed by atoms with Crippen molar-refractivity contribution in [1.82, 2.24) is 14.9 Å². The fourth-order valence-electron chi connectivity index (χ4n) is 4.82. The number of carbonyl (C=O) groups is 2. The van der Waals surface area contributed by atoms with Gasteiger partial charge in [0.25, 0.3) is 5.91 Å². The number of hydrogen-bond acceptors (Lipinski definition) is 7. The summed E-state index contributed by atoms with van der Waals surface area (Å²) in [5, 5.41) is 3.01. The zero-order valence-corrected chi connectivity index (χ0v) is 22.2. The van der Waals surface area contributed by atoms with Crippen molar-refractivity contribution in [3.8, 4) is 0 Å². The van der Waals surface area contributed by atoms with E-state index in [1.165, 1.54) is 11.1 Å². The predicted molar refractivity (Wildman–Crippen MR) is 148 cm³/mol. The van der Waals surface area contributed by atoms with Crippen molar-refractivity contribution >= 4 is 29.2 Å². The average molecular weight is 515 g/mol. The van der Waals surface area contributed by atoms with Gasteiger partial charge in [0.05, 0.1) is 17.6 Å². The molecule has 1 fully saturated rings. The van der Waals surface area contributed by atoms with Crippen molar-refractivity contribution < 1.29 is 14.3 Å². The molecule has 38 heavy (non-hydrogen) atoms. The van der Waals surface area contributed by atoms with E-state index in [-0.39, 0.29) is 12.0 Å². The molecule has 9 nitrogen and oxygen atoms in total. The first-order chi connectivity index (χ1) is 18.3. The van der Waals surface area contributed by atoms with Crippen LogP contribution in [0.25, 0.3) is 0 Å². The minimum Gasteiger partial charge on any atom is -0.444 e. The summed E-state index contributed by atoms with van der Waals surface area (Å²) in [6.45, 7) is 9.54. The number of nitrogens with one attached hydrogen (secondary N) is 1. The van der Waals surface area contributed by atoms with Crippen LogP contribution >= 0.6 is 0 Å². The lowest BCUT2D eigenvalue weighted by atomic mass is 10.00. The quantitative estimate of drug-likeness (QED) is 0.554. The van der Waals surface area contributed by atoms with E-state index < -0.39 is 5.60 Å². The Labute approximate surface area is 223 Å². The molecule has 2 aliphatic heterocycles. The Morgan fingerprint density at radius 1 is 0.895 bits per heavy atom. The number of nitrogens with zero attached hydrogens (tertiary/aromatic N) is 5. The zero-order chi connectivity index (χ0) is 26.7. The van der Waals surface area contributed by atoms with Crippen LogP contribution in [0, 0.1) is 0 Å². The molecule has 1 saturated heterocycles. The van der Waals surface area contributed by atoms with Gasteiger partial charge >= 0.3 is 6.09 Å². The number of piperazine rings is 1. The van der Waals surface area contributed by atoms with E-state index in [0.29, 0.717) is 37.6 Å². The van der Waals surface area contributed by atoms with E-state index >= 15 is 0 Å². The third kappa shape index (κ3) is 5.88. The van der Waals surface area contributed by atoms with Crippen LogP contribution in [0.15, 0.2) is 60.9 Å². The second kappa shape index (κ2) is 10.7. The molecule has 4 heterocycles. The standard InChI is InChI=1S/C29H34N6O3/c1-29(2,3)38-28(37)34-17-15-33(16-18-34)25-11-13-30-19-24(25)32-27(36)23-9-6-10-26(31-23)35-14-12-21-7-4-5-8-22(21)20-35/h4-11,13,19H,12,14-18,20H2,1-3H3,(H,32,36). The maximum atomic E-state index is 13.2. The maximum absolute atomic E-state index is 13.2. The van der Waals surface area contributed by atoms with Crippen molar-refractivity contribution in [1.29, 1.82) is 0 Å². The molecule has 198 valence electrons. The highest BCUT2D eigenvalue weighted by molar-refractivity contribution is 6.04. The largest absolute Gasteiger partial charge is 0.444 e. The lowest BCUT2D eigenvalue weighted by Crippen LogP contribution is -2.50. The number of rotatable bonds is 4. The van der Waals surface area contributed by atoms with Crippen LogP contribution in [0.2, 0.25) is 0 Å². The summed E-state index contributed by atoms with van der Waals surface area (Å²) >= 11 is 0. The molecule has 2 amide bonds. The molecule has 1 aromatic carbocycles. The van der Waals surface area contributed by atoms with E-state index in [1.54, 1.807) is 23.4 Å². The number of carbonyl (C=O) groups excluding carboxylic acids is 2. The van der Waals surface area contributed by atoms with Gasteiger partial charge in [-0.15, -0.1) is 0 Å². The first kappa shape index (κ1) is 25.5. The summed E-state index contributed by atoms with van der Waals surface area (Å²) in [5.41, 5.74) is 3.96. The molecule has 0 atom stereocenters. The van der Waals surface area contributed by atoms with Crippen LogP contribution in [0.3, 0.4) is 0 Å². The number of aromatic nitrogens is 2. The van der Waals surface area contributed by atoms with Gasteiger partial charge in [0.1, 0.15) is 17.1 Å². The molecular weight excluding hydrogens is 480 g/mol. The van der Waals surface area contributed by atoms with Crippen LogP contribution in [0.1, 0.15) is 42.4 Å². The smallest absolute Gasteiger partial charge is 0.410 e. The maximum Gasteiger partial charge on any atom is 0.410 e. The first-order valence-electron chi connectivity index (χ1n) is 13.0. The Balaban J connectivity index is 1.25. The van der Waals surface area contributed by atoms with Crippen molar-refractivity contribution in [2.24, 2.45) is 0 Å². The number of anilines is 3. The van der Waals surface area contributed by atoms with Gasteiger partial charge in [0.2, 0.25) is 0 Å². The average Bonchev–Trinajstić information content (AvgIpc) is 2.92. The lowest BCUT2D eigenvalue weighted by Gasteiger charge is -2.37. The number of ether oxygens (including phenoxy) is 1. The Morgan fingerprint density at radius 2 is 1.66 bits per heavy atom. The Kier molecular flexibility index (Phi) is 7.18. The normalized spacial score (nSPS) is 15.6. The third-order valence-electron chi connectivity index (χ3n) is 6.74. The monoisotopic (exact) mass is 514 g/mol. The summed E-state index contributed by atoms with van der Waals surface area (Å²) in [4.78, 5) is 40.7. The van der Waals surface area contributed by atoms with Crippen LogP contribution < -0.4 is 15.1 Å². The fourth-order valence-corrected chi connectivity index (χ4v) is 4.82. The first-order valence-corrected chi connectivity index (χ1v) is 13.0. The topological polar surface area (TPSA) is 90.9 Å². The molecule has 9 heteroatoms. The minimum atomic E-state index is -0.527. The van der Waals surface area contributed by atoms with Gasteiger partial charge in [0.15, 0.2) is 0 Å². The molecule has 1 N–H and O–H groups in total. The second-order valence-electron chi connectivity index (χ2n) is 10.6. The highest BCUT2D eigenvalue weighted by Gasteiger charge is 2.27. The summed E-state index contributed by atoms with van der Waals surface area (Å²) in [6.07, 6.45) is 4.01. The number of hydrogen-bond donors (Lipinski definition) is 1. The molecule has 0 radical (unpaired) electrons. The zero-order valence-electron chi connectivity index (χ0n) is 22.2. The van der Waals surface area contributed by atoms with E-state index in [2.05, 4.69) is 49.4 Å². The van der Waals surface area contributed by atoms with Gasteiger partial charge in [-0.05, 0) is 56.5 Å². The molecule has 2 aliphatic rings. The summed E-state index contributed by atoms with van der Waals surface area (Å²) < 4.78 is 5.51. The summed E-state index contributed by atoms with van der Waals surface area (Å²) in [6, 6.07) is 15.9. The van der Waals surface area contributed by atoms with Gasteiger partial charge in [-0.1, -0.05) is 30.3 Å². The van der Waals surface area contributed by atoms with E-state index in [1.807, 2.05) is 39.0 Å². The van der Waals surface area contributed by atoms with Gasteiger partial charge in [-0.25, -0.2) is 9.78 Å². The van der Waals surface area contributed by atoms with E-state index in [4.69, 9.17) is 4.74 Å². The number of benzene rings is 1. The van der Waals surface area contributed by atoms with Crippen molar-refractivity contribution in [3.63, 3.8) is 0 Å². The summed E-state index contributed by atoms with van der Waals surface area (Å²) in [7, 11) is 0. The minimum absolute atomic E-state index is 0.286. The predicted octanol–water partition coefficient (Wildman–Crippen LogP) is 4.35. The molecule has 2 aromatic heterocycles. The molecular formula is C29H34N6O3. The molecule has 0 saturated carbocycles. The lowest BCUT2D eigenvalue weighted by molar-refractivity contribution is 0.0240. The van der Waals surface area contributed by atoms with E-state index in [9.17, 15) is 9.59 Å². The van der Waals surface area contributed by atoms with Crippen molar-refractivity contribution in [2.75, 3.05) is 47.8 Å². The third-order valence-corrected chi connectivity index (χ3v) is 6.74. The van der Waals surface area contributed by atoms with Crippen LogP contribution in [-0.4, -0.2) is 65.2 Å². The summed E-state index contributed by atoms with van der Waals surface area (Å²) in [5.74, 6) is 0.503. The SMILES string of the molecule is CC(C)(C)OC(=O)N1CCN(c2ccncc2NC(=O)c2cccc(N3CCc4ccccc4C3)n2)CC1. The Hall–Kier alpha value is -4.14. The van der Waals surface area contributed by atoms with Gasteiger partial charge in [-0.2, -0.15) is 0 Å². The number of amides is 2. The van der Waals surface area contributed by atoms with Gasteiger partial charge in [0, 0.05) is 45.5 Å². The molecule has 3 aromatic rings. The molecule has 5 rings (SSSR count). The fraction of sp³-hybridized carbons (Fsp3) is 0.379. The highest BCUT2D eigenvalue weighted by Crippen LogP contribution is 2.27. The molecule has 0 aliphatic carbocycles. The van der Waals surface area contributed by atoms with Crippen LogP contribution in [0.4, 0.5) is 22.0 Å². The van der Waals surface area contributed by atoms with Crippen molar-refractivity contribution in [2.45, 2.75) is 39.3 Å². The highest BCUT2D eigenvalue weighted by atomic mass is 16.6. The molecule has 0 spiro atoms. The Morgan fingerprint density at radius 3 is 2.42 bits per heavy atom. The Bertz CT molecular complexity index is 1310. The molecule has 0 unspecified atom stereocenters. The second-order valence-corrected chi connectivity index (χ2v) is 10.6. The molecule has 0 bridgehead atoms. The van der Waals surface area contributed by atoms with Crippen LogP contribution in [-0.2, 0) is 17.7 Å². The van der Waals surface area contributed by atoms with Gasteiger partial charge < -0.3 is 24.8 Å². The van der Waals surface area contributed by atoms with Crippen LogP contribution in [0.5, 0.6) is 0 Å². The van der Waals surface area contributed by atoms with Gasteiger partial charge in [-0.3, -0.25) is 9.78 Å². The number of fused-ring (bicyclic) bond motifs is 1.